The van der Waals surface area contributed by atoms with Crippen LogP contribution in [0.2, 0.25) is 0 Å². The van der Waals surface area contributed by atoms with Crippen LogP contribution >= 0.6 is 0 Å². The fourth-order valence-electron chi connectivity index (χ4n) is 3.08. The summed E-state index contributed by atoms with van der Waals surface area (Å²) in [5.74, 6) is 0.391. The first-order valence-corrected chi connectivity index (χ1v) is 10.1. The molecule has 2 heterocycles. The number of carbonyl (C=O) groups excluding carboxylic acids is 1. The fourth-order valence-corrected chi connectivity index (χ4v) is 3.08. The second-order valence-corrected chi connectivity index (χ2v) is 7.50. The molecule has 1 aromatic carbocycles. The van der Waals surface area contributed by atoms with Crippen molar-refractivity contribution in [3.63, 3.8) is 0 Å². The first-order valence-electron chi connectivity index (χ1n) is 10.1. The van der Waals surface area contributed by atoms with Gasteiger partial charge in [-0.05, 0) is 56.2 Å². The molecule has 0 radical (unpaired) electrons. The van der Waals surface area contributed by atoms with E-state index in [9.17, 15) is 4.79 Å². The minimum atomic E-state index is -0.223. The second-order valence-electron chi connectivity index (χ2n) is 7.50. The van der Waals surface area contributed by atoms with Crippen LogP contribution in [0.1, 0.15) is 28.4 Å². The van der Waals surface area contributed by atoms with Gasteiger partial charge in [-0.25, -0.2) is 4.98 Å². The predicted octanol–water partition coefficient (Wildman–Crippen LogP) is 4.10. The zero-order chi connectivity index (χ0) is 22.4. The average Bonchev–Trinajstić information content (AvgIpc) is 2.72. The molecule has 31 heavy (non-hydrogen) atoms. The number of nitrogens with zero attached hydrogens (tertiary/aromatic N) is 2. The Morgan fingerprint density at radius 2 is 1.94 bits per heavy atom. The van der Waals surface area contributed by atoms with Crippen molar-refractivity contribution in [2.45, 2.75) is 27.3 Å². The summed E-state index contributed by atoms with van der Waals surface area (Å²) in [5.41, 5.74) is 5.34. The predicted molar refractivity (Wildman–Crippen MR) is 124 cm³/mol. The smallest absolute Gasteiger partial charge is 0.252 e. The second kappa shape index (κ2) is 9.75. The number of hydrogen-bond donors (Lipinski definition) is 4. The third kappa shape index (κ3) is 5.82. The van der Waals surface area contributed by atoms with E-state index in [1.807, 2.05) is 57.3 Å². The molecule has 0 saturated heterocycles. The fraction of sp³-hybridized carbons (Fsp3) is 0.208. The molecular weight excluding hydrogens is 388 g/mol. The van der Waals surface area contributed by atoms with E-state index in [2.05, 4.69) is 27.5 Å². The number of anilines is 3. The summed E-state index contributed by atoms with van der Waals surface area (Å²) in [7, 11) is 0. The van der Waals surface area contributed by atoms with Crippen LogP contribution in [0.4, 0.5) is 17.2 Å². The summed E-state index contributed by atoms with van der Waals surface area (Å²) in [5, 5.41) is 17.4. The van der Waals surface area contributed by atoms with E-state index in [-0.39, 0.29) is 5.91 Å². The van der Waals surface area contributed by atoms with Crippen molar-refractivity contribution in [3.8, 4) is 0 Å². The highest BCUT2D eigenvalue weighted by Gasteiger charge is 2.12. The first-order chi connectivity index (χ1) is 14.8. The van der Waals surface area contributed by atoms with Gasteiger partial charge in [0.05, 0.1) is 11.3 Å². The van der Waals surface area contributed by atoms with Crippen molar-refractivity contribution < 1.29 is 4.79 Å². The lowest BCUT2D eigenvalue weighted by Gasteiger charge is -2.15. The lowest BCUT2D eigenvalue weighted by Crippen LogP contribution is -2.30. The number of amides is 1. The van der Waals surface area contributed by atoms with Gasteiger partial charge in [-0.15, -0.1) is 0 Å². The maximum absolute atomic E-state index is 12.7. The molecular formula is C24H28N6O. The number of aryl methyl sites for hydroxylation is 2. The van der Waals surface area contributed by atoms with E-state index in [1.54, 1.807) is 22.9 Å². The van der Waals surface area contributed by atoms with Gasteiger partial charge in [0.2, 0.25) is 0 Å². The standard InChI is InChI=1S/C24H28N6O/c1-16(2)28-21-14-19(15-27-23(21)29-20-8-6-5-7-18(20)4)24(31)26-10-12-30-11-9-17(3)13-22(30)25/h5-9,11,13-15,25,28H,1,10,12H2,2-4H3,(H,26,31)(H,27,29). The number of pyridine rings is 2. The van der Waals surface area contributed by atoms with E-state index >= 15 is 0 Å². The Hall–Kier alpha value is -3.87. The maximum Gasteiger partial charge on any atom is 0.252 e. The lowest BCUT2D eigenvalue weighted by molar-refractivity contribution is 0.0952. The third-order valence-corrected chi connectivity index (χ3v) is 4.73. The largest absolute Gasteiger partial charge is 0.357 e. The highest BCUT2D eigenvalue weighted by Crippen LogP contribution is 2.27. The molecule has 7 heteroatoms. The van der Waals surface area contributed by atoms with Crippen molar-refractivity contribution >= 4 is 23.1 Å². The monoisotopic (exact) mass is 416 g/mol. The zero-order valence-corrected chi connectivity index (χ0v) is 18.1. The number of benzene rings is 1. The molecule has 0 aliphatic heterocycles. The molecule has 7 nitrogen and oxygen atoms in total. The Morgan fingerprint density at radius 1 is 1.16 bits per heavy atom. The molecule has 0 fully saturated rings. The topological polar surface area (TPSA) is 94.8 Å². The Balaban J connectivity index is 1.73. The van der Waals surface area contributed by atoms with Crippen molar-refractivity contribution in [1.29, 1.82) is 5.41 Å². The van der Waals surface area contributed by atoms with Gasteiger partial charge >= 0.3 is 0 Å². The lowest BCUT2D eigenvalue weighted by atomic mass is 10.2. The molecule has 3 aromatic rings. The SMILES string of the molecule is C=C(C)Nc1cc(C(=O)NCCn2ccc(C)cc2=N)cnc1Nc1ccccc1C. The normalized spacial score (nSPS) is 10.4. The molecule has 2 aromatic heterocycles. The van der Waals surface area contributed by atoms with Crippen LogP contribution in [-0.2, 0) is 6.54 Å². The zero-order valence-electron chi connectivity index (χ0n) is 18.1. The summed E-state index contributed by atoms with van der Waals surface area (Å²) in [4.78, 5) is 17.1. The van der Waals surface area contributed by atoms with E-state index in [1.165, 1.54) is 0 Å². The summed E-state index contributed by atoms with van der Waals surface area (Å²) in [6.45, 7) is 10.6. The van der Waals surface area contributed by atoms with E-state index in [0.29, 0.717) is 35.6 Å². The molecule has 3 rings (SSSR count). The molecule has 0 aliphatic rings. The molecule has 0 unspecified atom stereocenters. The minimum Gasteiger partial charge on any atom is -0.357 e. The number of rotatable bonds is 8. The Morgan fingerprint density at radius 3 is 2.65 bits per heavy atom. The average molecular weight is 417 g/mol. The van der Waals surface area contributed by atoms with Crippen molar-refractivity contribution in [2.24, 2.45) is 0 Å². The Labute approximate surface area is 182 Å². The van der Waals surface area contributed by atoms with Gasteiger partial charge in [-0.1, -0.05) is 24.8 Å². The van der Waals surface area contributed by atoms with Gasteiger partial charge in [0, 0.05) is 36.9 Å². The first kappa shape index (κ1) is 21.8. The molecule has 0 spiro atoms. The minimum absolute atomic E-state index is 0.223. The van der Waals surface area contributed by atoms with Gasteiger partial charge in [0.25, 0.3) is 5.91 Å². The van der Waals surface area contributed by atoms with Crippen LogP contribution in [0.5, 0.6) is 0 Å². The van der Waals surface area contributed by atoms with Gasteiger partial charge in [-0.2, -0.15) is 0 Å². The number of hydrogen-bond acceptors (Lipinski definition) is 5. The van der Waals surface area contributed by atoms with Gasteiger partial charge in [-0.3, -0.25) is 10.2 Å². The van der Waals surface area contributed by atoms with Crippen LogP contribution in [0.25, 0.3) is 0 Å². The quantitative estimate of drug-likeness (QED) is 0.445. The summed E-state index contributed by atoms with van der Waals surface area (Å²) in [6, 6.07) is 13.4. The van der Waals surface area contributed by atoms with Crippen LogP contribution in [-0.4, -0.2) is 22.0 Å². The van der Waals surface area contributed by atoms with E-state index in [4.69, 9.17) is 5.41 Å². The van der Waals surface area contributed by atoms with Crippen LogP contribution in [0, 0.1) is 19.3 Å². The molecule has 1 amide bonds. The number of para-hydroxylation sites is 1. The van der Waals surface area contributed by atoms with Crippen molar-refractivity contribution in [1.82, 2.24) is 14.9 Å². The van der Waals surface area contributed by atoms with Gasteiger partial charge < -0.3 is 20.5 Å². The third-order valence-electron chi connectivity index (χ3n) is 4.73. The highest BCUT2D eigenvalue weighted by atomic mass is 16.1. The summed E-state index contributed by atoms with van der Waals surface area (Å²) in [6.07, 6.45) is 3.40. The summed E-state index contributed by atoms with van der Waals surface area (Å²) >= 11 is 0. The van der Waals surface area contributed by atoms with Crippen molar-refractivity contribution in [3.05, 3.63) is 89.3 Å². The number of nitrogens with one attached hydrogen (secondary N) is 4. The molecule has 0 saturated carbocycles. The number of aromatic nitrogens is 2. The number of carbonyl (C=O) groups is 1. The molecule has 0 atom stereocenters. The van der Waals surface area contributed by atoms with Gasteiger partial charge in [0.15, 0.2) is 5.82 Å². The Bertz CT molecular complexity index is 1160. The Kier molecular flexibility index (Phi) is 6.87. The molecule has 4 N–H and O–H groups in total. The summed E-state index contributed by atoms with van der Waals surface area (Å²) < 4.78 is 1.79. The van der Waals surface area contributed by atoms with Crippen LogP contribution in [0.3, 0.4) is 0 Å². The van der Waals surface area contributed by atoms with Crippen molar-refractivity contribution in [2.75, 3.05) is 17.2 Å². The molecule has 0 aliphatic carbocycles. The number of allylic oxidation sites excluding steroid dienone is 1. The molecule has 0 bridgehead atoms. The van der Waals surface area contributed by atoms with E-state index in [0.717, 1.165) is 22.5 Å². The van der Waals surface area contributed by atoms with Crippen LogP contribution in [0.15, 0.2) is 67.1 Å². The van der Waals surface area contributed by atoms with E-state index < -0.39 is 0 Å². The van der Waals surface area contributed by atoms with Gasteiger partial charge in [0.1, 0.15) is 5.49 Å². The van der Waals surface area contributed by atoms with Crippen LogP contribution < -0.4 is 21.4 Å². The molecule has 160 valence electrons. The maximum atomic E-state index is 12.7. The highest BCUT2D eigenvalue weighted by molar-refractivity contribution is 5.95.